The number of ketones is 1. The molecule has 2 atom stereocenters. The second-order valence-corrected chi connectivity index (χ2v) is 11.0. The Hall–Kier alpha value is -0.413. The van der Waals surface area contributed by atoms with Gasteiger partial charge in [0.25, 0.3) is 0 Å². The molecule has 0 unspecified atom stereocenters. The first kappa shape index (κ1) is 16.6. The van der Waals surface area contributed by atoms with Gasteiger partial charge in [0.1, 0.15) is 0 Å². The van der Waals surface area contributed by atoms with Crippen molar-refractivity contribution in [2.75, 3.05) is 0 Å². The van der Waals surface area contributed by atoms with E-state index in [1.807, 2.05) is 6.92 Å². The Labute approximate surface area is 108 Å². The molecule has 0 aromatic carbocycles. The molecular weight excluding hydrogens is 228 g/mol. The Morgan fingerprint density at radius 3 is 2.18 bits per heavy atom. The van der Waals surface area contributed by atoms with Crippen LogP contribution in [0, 0.1) is 5.92 Å². The summed E-state index contributed by atoms with van der Waals surface area (Å²) in [4.78, 5) is 11.7. The average molecular weight is 256 g/mol. The third kappa shape index (κ3) is 4.40. The maximum absolute atomic E-state index is 11.7. The molecule has 0 aromatic rings. The van der Waals surface area contributed by atoms with Crippen molar-refractivity contribution in [3.05, 3.63) is 12.7 Å². The highest BCUT2D eigenvalue weighted by Crippen LogP contribution is 2.38. The molecule has 0 N–H and O–H groups in total. The Morgan fingerprint density at radius 2 is 1.88 bits per heavy atom. The van der Waals surface area contributed by atoms with E-state index in [9.17, 15) is 4.79 Å². The highest BCUT2D eigenvalue weighted by Gasteiger charge is 2.40. The monoisotopic (exact) mass is 256 g/mol. The number of rotatable bonds is 6. The Morgan fingerprint density at radius 1 is 1.41 bits per heavy atom. The summed E-state index contributed by atoms with van der Waals surface area (Å²) in [6.45, 7) is 18.6. The molecule has 0 aromatic heterocycles. The molecule has 3 heteroatoms. The Kier molecular flexibility index (Phi) is 5.82. The van der Waals surface area contributed by atoms with Gasteiger partial charge in [0.2, 0.25) is 0 Å². The van der Waals surface area contributed by atoms with Crippen LogP contribution in [0.3, 0.4) is 0 Å². The van der Waals surface area contributed by atoms with Crippen LogP contribution in [0.25, 0.3) is 0 Å². The van der Waals surface area contributed by atoms with Gasteiger partial charge in [-0.2, -0.15) is 0 Å². The summed E-state index contributed by atoms with van der Waals surface area (Å²) in [7, 11) is -1.80. The minimum Gasteiger partial charge on any atom is -0.413 e. The van der Waals surface area contributed by atoms with Crippen LogP contribution in [-0.2, 0) is 9.22 Å². The van der Waals surface area contributed by atoms with Crippen molar-refractivity contribution in [1.29, 1.82) is 0 Å². The molecule has 0 heterocycles. The van der Waals surface area contributed by atoms with Crippen LogP contribution in [0.1, 0.15) is 41.0 Å². The molecule has 100 valence electrons. The first-order chi connectivity index (χ1) is 7.56. The van der Waals surface area contributed by atoms with Crippen molar-refractivity contribution < 1.29 is 9.22 Å². The molecule has 0 saturated heterocycles. The summed E-state index contributed by atoms with van der Waals surface area (Å²) in [6, 6.07) is 0. The summed E-state index contributed by atoms with van der Waals surface area (Å²) < 4.78 is 6.31. The van der Waals surface area contributed by atoms with Crippen molar-refractivity contribution >= 4 is 14.1 Å². The van der Waals surface area contributed by atoms with E-state index in [-0.39, 0.29) is 22.8 Å². The van der Waals surface area contributed by atoms with Crippen molar-refractivity contribution in [2.24, 2.45) is 5.92 Å². The number of allylic oxidation sites excluding steroid dienone is 1. The van der Waals surface area contributed by atoms with Gasteiger partial charge >= 0.3 is 0 Å². The van der Waals surface area contributed by atoms with E-state index in [2.05, 4.69) is 47.4 Å². The Bertz CT molecular complexity index is 276. The highest BCUT2D eigenvalue weighted by atomic mass is 28.4. The number of carbonyl (C=O) groups is 1. The molecule has 0 rings (SSSR count). The highest BCUT2D eigenvalue weighted by molar-refractivity contribution is 6.74. The van der Waals surface area contributed by atoms with E-state index >= 15 is 0 Å². The molecular formula is C14H28O2Si. The van der Waals surface area contributed by atoms with Gasteiger partial charge in [-0.15, -0.1) is 0 Å². The molecule has 2 nitrogen and oxygen atoms in total. The number of hydrogen-bond acceptors (Lipinski definition) is 2. The molecule has 0 bridgehead atoms. The molecule has 0 amide bonds. The van der Waals surface area contributed by atoms with E-state index in [1.165, 1.54) is 6.08 Å². The fourth-order valence-electron chi connectivity index (χ4n) is 1.46. The zero-order chi connectivity index (χ0) is 13.9. The summed E-state index contributed by atoms with van der Waals surface area (Å²) in [5.41, 5.74) is 0. The largest absolute Gasteiger partial charge is 0.413 e. The lowest BCUT2D eigenvalue weighted by molar-refractivity contribution is -0.120. The van der Waals surface area contributed by atoms with E-state index in [4.69, 9.17) is 4.43 Å². The zero-order valence-corrected chi connectivity index (χ0v) is 13.5. The third-order valence-corrected chi connectivity index (χ3v) is 8.37. The first-order valence-electron chi connectivity index (χ1n) is 6.41. The second kappa shape index (κ2) is 5.96. The SMILES string of the molecule is C=CC(=O)[C@@H](C)[C@H](CC)O[Si](C)(C)C(C)(C)C. The number of hydrogen-bond donors (Lipinski definition) is 0. The predicted molar refractivity (Wildman–Crippen MR) is 76.7 cm³/mol. The molecule has 0 aliphatic carbocycles. The topological polar surface area (TPSA) is 26.3 Å². The van der Waals surface area contributed by atoms with Gasteiger partial charge in [0.05, 0.1) is 6.10 Å². The lowest BCUT2D eigenvalue weighted by Crippen LogP contribution is -2.46. The van der Waals surface area contributed by atoms with Crippen LogP contribution < -0.4 is 0 Å². The van der Waals surface area contributed by atoms with Gasteiger partial charge < -0.3 is 4.43 Å². The maximum Gasteiger partial charge on any atom is 0.192 e. The minimum atomic E-state index is -1.80. The van der Waals surface area contributed by atoms with Crippen molar-refractivity contribution in [3.63, 3.8) is 0 Å². The van der Waals surface area contributed by atoms with Gasteiger partial charge in [-0.1, -0.05) is 41.2 Å². The number of carbonyl (C=O) groups excluding carboxylic acids is 1. The third-order valence-electron chi connectivity index (χ3n) is 3.86. The van der Waals surface area contributed by atoms with Gasteiger partial charge in [0, 0.05) is 5.92 Å². The summed E-state index contributed by atoms with van der Waals surface area (Å²) in [5, 5.41) is 0.178. The quantitative estimate of drug-likeness (QED) is 0.526. The lowest BCUT2D eigenvalue weighted by Gasteiger charge is -2.40. The Balaban J connectivity index is 4.83. The van der Waals surface area contributed by atoms with Gasteiger partial charge in [-0.25, -0.2) is 0 Å². The van der Waals surface area contributed by atoms with Gasteiger partial charge in [-0.05, 0) is 30.6 Å². The van der Waals surface area contributed by atoms with E-state index < -0.39 is 8.32 Å². The average Bonchev–Trinajstić information content (AvgIpc) is 2.22. The van der Waals surface area contributed by atoms with Gasteiger partial charge in [0.15, 0.2) is 14.1 Å². The second-order valence-electron chi connectivity index (χ2n) is 6.22. The van der Waals surface area contributed by atoms with Crippen molar-refractivity contribution in [3.8, 4) is 0 Å². The molecule has 17 heavy (non-hydrogen) atoms. The predicted octanol–water partition coefficient (Wildman–Crippen LogP) is 4.18. The fourth-order valence-corrected chi connectivity index (χ4v) is 2.94. The van der Waals surface area contributed by atoms with Crippen LogP contribution in [0.5, 0.6) is 0 Å². The summed E-state index contributed by atoms with van der Waals surface area (Å²) >= 11 is 0. The normalized spacial score (nSPS) is 16.4. The first-order valence-corrected chi connectivity index (χ1v) is 9.31. The standard InChI is InChI=1S/C14H28O2Si/c1-9-12(15)11(3)13(10-2)16-17(7,8)14(4,5)6/h9,11,13H,1,10H2,2-8H3/t11-,13+/m1/s1. The molecule has 0 radical (unpaired) electrons. The summed E-state index contributed by atoms with van der Waals surface area (Å²) in [5.74, 6) is -0.0119. The summed E-state index contributed by atoms with van der Waals surface area (Å²) in [6.07, 6.45) is 2.29. The van der Waals surface area contributed by atoms with Gasteiger partial charge in [-0.3, -0.25) is 4.79 Å². The molecule has 0 fully saturated rings. The lowest BCUT2D eigenvalue weighted by atomic mass is 9.98. The smallest absolute Gasteiger partial charge is 0.192 e. The van der Waals surface area contributed by atoms with Crippen LogP contribution in [0.2, 0.25) is 18.1 Å². The van der Waals surface area contributed by atoms with Crippen molar-refractivity contribution in [2.45, 2.75) is 65.3 Å². The fraction of sp³-hybridized carbons (Fsp3) is 0.786. The van der Waals surface area contributed by atoms with Crippen LogP contribution in [-0.4, -0.2) is 20.2 Å². The van der Waals surface area contributed by atoms with Crippen LogP contribution in [0.4, 0.5) is 0 Å². The molecule has 0 aliphatic rings. The van der Waals surface area contributed by atoms with E-state index in [1.54, 1.807) is 0 Å². The van der Waals surface area contributed by atoms with E-state index in [0.29, 0.717) is 0 Å². The van der Waals surface area contributed by atoms with Crippen LogP contribution in [0.15, 0.2) is 12.7 Å². The minimum absolute atomic E-state index is 0.0152. The van der Waals surface area contributed by atoms with E-state index in [0.717, 1.165) is 6.42 Å². The zero-order valence-electron chi connectivity index (χ0n) is 12.5. The maximum atomic E-state index is 11.7. The van der Waals surface area contributed by atoms with Crippen molar-refractivity contribution in [1.82, 2.24) is 0 Å². The van der Waals surface area contributed by atoms with Crippen LogP contribution >= 0.6 is 0 Å². The molecule has 0 spiro atoms. The molecule has 0 saturated carbocycles. The molecule has 0 aliphatic heterocycles.